The second-order valence-corrected chi connectivity index (χ2v) is 14.7. The maximum atomic E-state index is 4.59. The fourth-order valence-electron chi connectivity index (χ4n) is 8.01. The van der Waals surface area contributed by atoms with E-state index in [-0.39, 0.29) is 6.29 Å². The predicted molar refractivity (Wildman–Crippen MR) is 218 cm³/mol. The number of hydrogen-bond acceptors (Lipinski definition) is 4. The van der Waals surface area contributed by atoms with Crippen molar-refractivity contribution in [2.45, 2.75) is 25.2 Å². The number of rotatable bonds is 4. The lowest BCUT2D eigenvalue weighted by Crippen LogP contribution is -2.51. The molecule has 0 saturated heterocycles. The van der Waals surface area contributed by atoms with Crippen LogP contribution in [0, 0.1) is 0 Å². The van der Waals surface area contributed by atoms with Crippen LogP contribution in [0.1, 0.15) is 33.9 Å². The zero-order valence-corrected chi connectivity index (χ0v) is 28.9. The first kappa shape index (κ1) is 30.0. The van der Waals surface area contributed by atoms with Crippen LogP contribution in [0.4, 0.5) is 11.4 Å². The van der Waals surface area contributed by atoms with Gasteiger partial charge in [-0.25, -0.2) is 0 Å². The van der Waals surface area contributed by atoms with Crippen LogP contribution in [0.3, 0.4) is 0 Å². The lowest BCUT2D eigenvalue weighted by molar-refractivity contribution is 0.550. The summed E-state index contributed by atoms with van der Waals surface area (Å²) >= 11 is 1.86. The van der Waals surface area contributed by atoms with Crippen LogP contribution >= 0.6 is 11.3 Å². The number of thiophene rings is 1. The molecule has 5 heteroatoms. The summed E-state index contributed by atoms with van der Waals surface area (Å²) in [7, 11) is 0. The molecule has 0 saturated carbocycles. The van der Waals surface area contributed by atoms with Gasteiger partial charge in [-0.1, -0.05) is 110 Å². The van der Waals surface area contributed by atoms with Crippen molar-refractivity contribution in [1.82, 2.24) is 9.88 Å². The maximum Gasteiger partial charge on any atom is 0.159 e. The summed E-state index contributed by atoms with van der Waals surface area (Å²) in [5.41, 5.74) is 11.7. The number of anilines is 2. The van der Waals surface area contributed by atoms with Crippen molar-refractivity contribution in [1.29, 1.82) is 0 Å². The highest BCUT2D eigenvalue weighted by molar-refractivity contribution is 7.19. The Hall–Kier alpha value is -5.88. The zero-order chi connectivity index (χ0) is 33.9. The van der Waals surface area contributed by atoms with Gasteiger partial charge in [0.25, 0.3) is 0 Å². The van der Waals surface area contributed by atoms with Crippen molar-refractivity contribution < 1.29 is 0 Å². The van der Waals surface area contributed by atoms with Gasteiger partial charge in [0.2, 0.25) is 0 Å². The fraction of sp³-hybridized carbons (Fsp3) is 0.0870. The quantitative estimate of drug-likeness (QED) is 0.195. The Bertz CT molecular complexity index is 2630. The minimum atomic E-state index is -0.126. The van der Waals surface area contributed by atoms with E-state index in [1.807, 2.05) is 11.3 Å². The molecule has 51 heavy (non-hydrogen) atoms. The van der Waals surface area contributed by atoms with Gasteiger partial charge in [0, 0.05) is 55.7 Å². The fourth-order valence-corrected chi connectivity index (χ4v) is 9.12. The molecule has 2 aliphatic heterocycles. The van der Waals surface area contributed by atoms with Gasteiger partial charge in [-0.05, 0) is 77.3 Å². The summed E-state index contributed by atoms with van der Waals surface area (Å²) in [5.74, 6) is 0.399. The molecule has 1 aliphatic carbocycles. The SMILES string of the molecule is C=C1/C=C(c2ccc3c(c2)c2ccccc2n3C2=CCC(c3ccccc3)C=C2)\C=C/N(C2NCc3sc4ccccc4c3N2)c2ccccc21. The van der Waals surface area contributed by atoms with Crippen LogP contribution in [0.15, 0.2) is 164 Å². The summed E-state index contributed by atoms with van der Waals surface area (Å²) in [6.45, 7) is 5.40. The van der Waals surface area contributed by atoms with Crippen molar-refractivity contribution in [3.05, 3.63) is 186 Å². The number of fused-ring (bicyclic) bond motifs is 7. The molecule has 2 unspecified atom stereocenters. The van der Waals surface area contributed by atoms with Gasteiger partial charge >= 0.3 is 0 Å². The summed E-state index contributed by atoms with van der Waals surface area (Å²) in [6.07, 6.45) is 14.6. The van der Waals surface area contributed by atoms with Crippen molar-refractivity contribution in [3.63, 3.8) is 0 Å². The Morgan fingerprint density at radius 1 is 0.745 bits per heavy atom. The molecule has 2 N–H and O–H groups in total. The molecule has 7 aromatic rings. The van der Waals surface area contributed by atoms with Gasteiger partial charge < -0.3 is 14.8 Å². The molecule has 3 aliphatic rings. The van der Waals surface area contributed by atoms with Crippen LogP contribution in [0.5, 0.6) is 0 Å². The lowest BCUT2D eigenvalue weighted by atomic mass is 9.92. The highest BCUT2D eigenvalue weighted by Crippen LogP contribution is 2.41. The van der Waals surface area contributed by atoms with Crippen molar-refractivity contribution in [2.75, 3.05) is 10.2 Å². The smallest absolute Gasteiger partial charge is 0.159 e. The molecular formula is C46H36N4S. The van der Waals surface area contributed by atoms with E-state index in [0.717, 1.165) is 40.9 Å². The summed E-state index contributed by atoms with van der Waals surface area (Å²) in [5, 5.41) is 11.4. The topological polar surface area (TPSA) is 32.2 Å². The second kappa shape index (κ2) is 12.2. The van der Waals surface area contributed by atoms with Crippen LogP contribution in [-0.4, -0.2) is 10.9 Å². The predicted octanol–water partition coefficient (Wildman–Crippen LogP) is 11.5. The van der Waals surface area contributed by atoms with E-state index >= 15 is 0 Å². The van der Waals surface area contributed by atoms with Crippen molar-refractivity contribution >= 4 is 71.4 Å². The van der Waals surface area contributed by atoms with Crippen molar-refractivity contribution in [3.8, 4) is 0 Å². The minimum absolute atomic E-state index is 0.126. The van der Waals surface area contributed by atoms with E-state index in [4.69, 9.17) is 0 Å². The Labute approximate surface area is 301 Å². The standard InChI is InChI=1S/C46H36N4S/c1-30-27-34(25-26-49(40-16-8-5-13-36(30)40)46-47-29-44-45(48-46)38-15-7-10-18-43(38)51-44)33-21-24-42-39(28-33)37-14-6-9-17-41(37)50(42)35-22-19-32(20-23-35)31-11-3-2-4-12-31/h2-19,21-28,32,46-48H,1,20,29H2/b26-25-,34-27+. The van der Waals surface area contributed by atoms with Gasteiger partial charge in [0.05, 0.1) is 22.4 Å². The summed E-state index contributed by atoms with van der Waals surface area (Å²) in [4.78, 5) is 3.66. The monoisotopic (exact) mass is 676 g/mol. The Balaban J connectivity index is 1.03. The van der Waals surface area contributed by atoms with Crippen LogP contribution in [0.2, 0.25) is 0 Å². The third-order valence-electron chi connectivity index (χ3n) is 10.5. The molecule has 0 spiro atoms. The van der Waals surface area contributed by atoms with E-state index < -0.39 is 0 Å². The van der Waals surface area contributed by atoms with E-state index in [2.05, 4.69) is 185 Å². The largest absolute Gasteiger partial charge is 0.351 e. The minimum Gasteiger partial charge on any atom is -0.351 e. The molecule has 4 nitrogen and oxygen atoms in total. The molecule has 246 valence electrons. The molecule has 2 aromatic heterocycles. The van der Waals surface area contributed by atoms with E-state index in [9.17, 15) is 0 Å². The molecule has 2 atom stereocenters. The van der Waals surface area contributed by atoms with E-state index in [1.165, 1.54) is 53.7 Å². The third kappa shape index (κ3) is 5.08. The normalized spacial score (nSPS) is 20.2. The number of allylic oxidation sites excluding steroid dienone is 8. The first-order chi connectivity index (χ1) is 25.2. The van der Waals surface area contributed by atoms with E-state index in [0.29, 0.717) is 5.92 Å². The summed E-state index contributed by atoms with van der Waals surface area (Å²) < 4.78 is 3.73. The number of aromatic nitrogens is 1. The molecule has 10 rings (SSSR count). The van der Waals surface area contributed by atoms with Crippen LogP contribution in [-0.2, 0) is 6.54 Å². The average Bonchev–Trinajstić information content (AvgIpc) is 3.72. The maximum absolute atomic E-state index is 4.59. The first-order valence-electron chi connectivity index (χ1n) is 17.6. The number of nitrogens with one attached hydrogen (secondary N) is 2. The number of benzene rings is 5. The number of para-hydroxylation sites is 2. The summed E-state index contributed by atoms with van der Waals surface area (Å²) in [6, 6.07) is 43.7. The van der Waals surface area contributed by atoms with Crippen LogP contribution in [0.25, 0.3) is 48.7 Å². The van der Waals surface area contributed by atoms with Gasteiger partial charge in [-0.3, -0.25) is 5.32 Å². The number of nitrogens with zero attached hydrogens (tertiary/aromatic N) is 2. The van der Waals surface area contributed by atoms with Gasteiger partial charge in [0.1, 0.15) is 0 Å². The first-order valence-corrected chi connectivity index (χ1v) is 18.5. The molecule has 0 amide bonds. The average molecular weight is 677 g/mol. The third-order valence-corrected chi connectivity index (χ3v) is 11.7. The molecule has 0 bridgehead atoms. The van der Waals surface area contributed by atoms with Gasteiger partial charge in [-0.15, -0.1) is 11.3 Å². The molecular weight excluding hydrogens is 641 g/mol. The van der Waals surface area contributed by atoms with Crippen molar-refractivity contribution in [2.24, 2.45) is 0 Å². The Kier molecular flexibility index (Phi) is 7.15. The second-order valence-electron chi connectivity index (χ2n) is 13.5. The molecule has 4 heterocycles. The zero-order valence-electron chi connectivity index (χ0n) is 28.1. The number of hydrogen-bond donors (Lipinski definition) is 2. The Morgan fingerprint density at radius 2 is 1.53 bits per heavy atom. The molecule has 0 fully saturated rings. The van der Waals surface area contributed by atoms with E-state index in [1.54, 1.807) is 0 Å². The Morgan fingerprint density at radius 3 is 2.41 bits per heavy atom. The van der Waals surface area contributed by atoms with Gasteiger partial charge in [0.15, 0.2) is 6.29 Å². The lowest BCUT2D eigenvalue weighted by Gasteiger charge is -2.37. The van der Waals surface area contributed by atoms with Crippen LogP contribution < -0.4 is 15.5 Å². The highest BCUT2D eigenvalue weighted by Gasteiger charge is 2.27. The van der Waals surface area contributed by atoms with Gasteiger partial charge in [-0.2, -0.15) is 0 Å². The molecule has 0 radical (unpaired) electrons. The highest BCUT2D eigenvalue weighted by atomic mass is 32.1. The molecule has 5 aromatic carbocycles.